The Bertz CT molecular complexity index is 534. The van der Waals surface area contributed by atoms with Crippen LogP contribution >= 0.6 is 0 Å². The third-order valence-corrected chi connectivity index (χ3v) is 4.54. The summed E-state index contributed by atoms with van der Waals surface area (Å²) >= 11 is 0. The number of nitrogens with zero attached hydrogens (tertiary/aromatic N) is 5. The van der Waals surface area contributed by atoms with Crippen molar-refractivity contribution in [1.82, 2.24) is 25.1 Å². The number of carbonyl (C=O) groups excluding carboxylic acids is 1. The molecule has 7 heteroatoms. The standard InChI is InChI=1S/C15H25N5O2/c1-15(2,3)14-16-17-18-20(14)10-13(21)19-8-9-22-12-7-5-4-6-11(12)19/h11-12H,4-10H2,1-3H3/t11-,12-/m0/s1. The molecule has 122 valence electrons. The second-order valence-electron chi connectivity index (χ2n) is 7.26. The molecule has 22 heavy (non-hydrogen) atoms. The van der Waals surface area contributed by atoms with E-state index in [0.717, 1.165) is 18.7 Å². The van der Waals surface area contributed by atoms with E-state index in [0.29, 0.717) is 13.2 Å². The molecule has 0 N–H and O–H groups in total. The summed E-state index contributed by atoms with van der Waals surface area (Å²) in [4.78, 5) is 14.7. The van der Waals surface area contributed by atoms with Crippen LogP contribution in [0.1, 0.15) is 52.3 Å². The van der Waals surface area contributed by atoms with Gasteiger partial charge in [0.15, 0.2) is 5.82 Å². The van der Waals surface area contributed by atoms with Crippen LogP contribution in [0, 0.1) is 0 Å². The Hall–Kier alpha value is -1.50. The van der Waals surface area contributed by atoms with Crippen LogP contribution in [0.4, 0.5) is 0 Å². The van der Waals surface area contributed by atoms with Crippen LogP contribution in [0.2, 0.25) is 0 Å². The zero-order chi connectivity index (χ0) is 15.7. The minimum Gasteiger partial charge on any atom is -0.374 e. The first-order valence-electron chi connectivity index (χ1n) is 8.14. The van der Waals surface area contributed by atoms with Crippen LogP contribution in [0.15, 0.2) is 0 Å². The van der Waals surface area contributed by atoms with Gasteiger partial charge in [-0.25, -0.2) is 4.68 Å². The van der Waals surface area contributed by atoms with Gasteiger partial charge in [-0.15, -0.1) is 5.10 Å². The maximum atomic E-state index is 12.8. The van der Waals surface area contributed by atoms with Gasteiger partial charge in [-0.1, -0.05) is 33.6 Å². The highest BCUT2D eigenvalue weighted by Crippen LogP contribution is 2.28. The highest BCUT2D eigenvalue weighted by molar-refractivity contribution is 5.76. The number of amides is 1. The quantitative estimate of drug-likeness (QED) is 0.819. The third-order valence-electron chi connectivity index (χ3n) is 4.54. The number of ether oxygens (including phenoxy) is 1. The summed E-state index contributed by atoms with van der Waals surface area (Å²) in [6, 6.07) is 0.226. The van der Waals surface area contributed by atoms with E-state index in [1.807, 2.05) is 25.7 Å². The lowest BCUT2D eigenvalue weighted by Crippen LogP contribution is -2.55. The average Bonchev–Trinajstić information content (AvgIpc) is 2.95. The van der Waals surface area contributed by atoms with Crippen molar-refractivity contribution in [3.05, 3.63) is 5.82 Å². The van der Waals surface area contributed by atoms with Gasteiger partial charge in [0.2, 0.25) is 5.91 Å². The second kappa shape index (κ2) is 5.95. The summed E-state index contributed by atoms with van der Waals surface area (Å²) < 4.78 is 7.47. The molecule has 1 saturated carbocycles. The molecule has 1 aliphatic heterocycles. The molecule has 2 heterocycles. The van der Waals surface area contributed by atoms with Crippen molar-refractivity contribution in [3.8, 4) is 0 Å². The first kappa shape index (κ1) is 15.4. The first-order valence-corrected chi connectivity index (χ1v) is 8.14. The fourth-order valence-corrected chi connectivity index (χ4v) is 3.47. The molecule has 1 amide bonds. The molecular weight excluding hydrogens is 282 g/mol. The molecule has 1 aromatic rings. The largest absolute Gasteiger partial charge is 0.374 e. The van der Waals surface area contributed by atoms with Crippen molar-refractivity contribution in [1.29, 1.82) is 0 Å². The molecule has 3 rings (SSSR count). The van der Waals surface area contributed by atoms with E-state index in [4.69, 9.17) is 4.74 Å². The molecule has 1 aromatic heterocycles. The molecule has 0 bridgehead atoms. The van der Waals surface area contributed by atoms with Crippen LogP contribution < -0.4 is 0 Å². The zero-order valence-corrected chi connectivity index (χ0v) is 13.7. The Morgan fingerprint density at radius 3 is 2.86 bits per heavy atom. The molecule has 1 aliphatic carbocycles. The number of aromatic nitrogens is 4. The zero-order valence-electron chi connectivity index (χ0n) is 13.7. The van der Waals surface area contributed by atoms with Gasteiger partial charge < -0.3 is 9.64 Å². The molecule has 2 aliphatic rings. The summed E-state index contributed by atoms with van der Waals surface area (Å²) in [6.07, 6.45) is 4.68. The van der Waals surface area contributed by atoms with E-state index in [9.17, 15) is 4.79 Å². The molecule has 0 spiro atoms. The Labute approximate surface area is 131 Å². The van der Waals surface area contributed by atoms with Crippen molar-refractivity contribution >= 4 is 5.91 Å². The normalized spacial score (nSPS) is 25.9. The van der Waals surface area contributed by atoms with E-state index in [1.54, 1.807) is 4.68 Å². The lowest BCUT2D eigenvalue weighted by atomic mass is 9.90. The van der Waals surface area contributed by atoms with Gasteiger partial charge in [0.1, 0.15) is 6.54 Å². The van der Waals surface area contributed by atoms with Crippen molar-refractivity contribution in [2.45, 2.75) is 70.6 Å². The fourth-order valence-electron chi connectivity index (χ4n) is 3.47. The molecule has 0 unspecified atom stereocenters. The topological polar surface area (TPSA) is 73.1 Å². The SMILES string of the molecule is CC(C)(C)c1nnnn1CC(=O)N1CCO[C@H]2CCCC[C@@H]21. The highest BCUT2D eigenvalue weighted by atomic mass is 16.5. The predicted molar refractivity (Wildman–Crippen MR) is 80.2 cm³/mol. The average molecular weight is 307 g/mol. The predicted octanol–water partition coefficient (Wildman–Crippen LogP) is 1.14. The Morgan fingerprint density at radius 2 is 2.09 bits per heavy atom. The van der Waals surface area contributed by atoms with Gasteiger partial charge in [0.05, 0.1) is 18.8 Å². The van der Waals surface area contributed by atoms with Gasteiger partial charge >= 0.3 is 0 Å². The monoisotopic (exact) mass is 307 g/mol. The van der Waals surface area contributed by atoms with Gasteiger partial charge in [0.25, 0.3) is 0 Å². The molecule has 2 fully saturated rings. The molecule has 1 saturated heterocycles. The van der Waals surface area contributed by atoms with Crippen LogP contribution in [0.5, 0.6) is 0 Å². The number of hydrogen-bond acceptors (Lipinski definition) is 5. The fraction of sp³-hybridized carbons (Fsp3) is 0.867. The number of rotatable bonds is 2. The van der Waals surface area contributed by atoms with E-state index >= 15 is 0 Å². The summed E-state index contributed by atoms with van der Waals surface area (Å²) in [5.41, 5.74) is -0.178. The van der Waals surface area contributed by atoms with Gasteiger partial charge in [-0.2, -0.15) is 0 Å². The smallest absolute Gasteiger partial charge is 0.244 e. The molecule has 0 aromatic carbocycles. The minimum atomic E-state index is -0.178. The van der Waals surface area contributed by atoms with Gasteiger partial charge in [0, 0.05) is 12.0 Å². The summed E-state index contributed by atoms with van der Waals surface area (Å²) in [6.45, 7) is 7.66. The molecular formula is C15H25N5O2. The maximum absolute atomic E-state index is 12.8. The molecule has 2 atom stereocenters. The maximum Gasteiger partial charge on any atom is 0.244 e. The van der Waals surface area contributed by atoms with Gasteiger partial charge in [-0.05, 0) is 23.3 Å². The number of hydrogen-bond donors (Lipinski definition) is 0. The lowest BCUT2D eigenvalue weighted by Gasteiger charge is -2.43. The van der Waals surface area contributed by atoms with Crippen LogP contribution in [0.3, 0.4) is 0 Å². The van der Waals surface area contributed by atoms with E-state index in [-0.39, 0.29) is 30.0 Å². The lowest BCUT2D eigenvalue weighted by molar-refractivity contribution is -0.150. The molecule has 0 radical (unpaired) electrons. The Kier molecular flexibility index (Phi) is 4.16. The van der Waals surface area contributed by atoms with Crippen molar-refractivity contribution in [2.75, 3.05) is 13.2 Å². The highest BCUT2D eigenvalue weighted by Gasteiger charge is 2.37. The first-order chi connectivity index (χ1) is 10.5. The Morgan fingerprint density at radius 1 is 1.32 bits per heavy atom. The number of carbonyl (C=O) groups is 1. The van der Waals surface area contributed by atoms with Crippen molar-refractivity contribution in [3.63, 3.8) is 0 Å². The van der Waals surface area contributed by atoms with Crippen molar-refractivity contribution < 1.29 is 9.53 Å². The summed E-state index contributed by atoms with van der Waals surface area (Å²) in [5, 5.41) is 11.8. The molecule has 7 nitrogen and oxygen atoms in total. The number of tetrazole rings is 1. The van der Waals surface area contributed by atoms with Gasteiger partial charge in [-0.3, -0.25) is 4.79 Å². The van der Waals surface area contributed by atoms with Crippen molar-refractivity contribution in [2.24, 2.45) is 0 Å². The number of fused-ring (bicyclic) bond motifs is 1. The van der Waals surface area contributed by atoms with E-state index < -0.39 is 0 Å². The summed E-state index contributed by atoms with van der Waals surface area (Å²) in [7, 11) is 0. The van der Waals surface area contributed by atoms with E-state index in [1.165, 1.54) is 12.8 Å². The second-order valence-corrected chi connectivity index (χ2v) is 7.26. The number of morpholine rings is 1. The minimum absolute atomic E-state index is 0.0954. The van der Waals surface area contributed by atoms with Crippen LogP contribution in [-0.4, -0.2) is 56.3 Å². The summed E-state index contributed by atoms with van der Waals surface area (Å²) in [5.74, 6) is 0.840. The van der Waals surface area contributed by atoms with E-state index in [2.05, 4.69) is 15.5 Å². The van der Waals surface area contributed by atoms with Crippen LogP contribution in [0.25, 0.3) is 0 Å². The Balaban J connectivity index is 1.73. The van der Waals surface area contributed by atoms with Crippen LogP contribution in [-0.2, 0) is 21.5 Å². The third kappa shape index (κ3) is 2.99.